The molecule has 0 atom stereocenters. The molecule has 62 valence electrons. The summed E-state index contributed by atoms with van der Waals surface area (Å²) >= 11 is 0. The molecule has 0 aliphatic heterocycles. The molecule has 0 saturated heterocycles. The van der Waals surface area contributed by atoms with Crippen molar-refractivity contribution in [2.75, 3.05) is 5.73 Å². The van der Waals surface area contributed by atoms with Gasteiger partial charge < -0.3 is 10.8 Å². The van der Waals surface area contributed by atoms with Crippen LogP contribution in [0, 0.1) is 4.91 Å². The lowest BCUT2D eigenvalue weighted by Gasteiger charge is -2.00. The van der Waals surface area contributed by atoms with Gasteiger partial charge in [-0.25, -0.2) is 0 Å². The molecule has 5 heteroatoms. The van der Waals surface area contributed by atoms with Gasteiger partial charge in [0.25, 0.3) is 0 Å². The molecule has 1 aromatic carbocycles. The van der Waals surface area contributed by atoms with E-state index in [0.717, 1.165) is 0 Å². The minimum absolute atomic E-state index is 0.0374. The van der Waals surface area contributed by atoms with Crippen LogP contribution in [0.3, 0.4) is 0 Å². The van der Waals surface area contributed by atoms with Gasteiger partial charge in [-0.15, -0.1) is 4.91 Å². The highest BCUT2D eigenvalue weighted by molar-refractivity contribution is 5.85. The zero-order valence-corrected chi connectivity index (χ0v) is 6.02. The van der Waals surface area contributed by atoms with Gasteiger partial charge in [0, 0.05) is 5.69 Å². The predicted octanol–water partition coefficient (Wildman–Crippen LogP) is 1.18. The summed E-state index contributed by atoms with van der Waals surface area (Å²) in [5.74, 6) is -0.436. The number of hydrogen-bond donors (Lipinski definition) is 2. The van der Waals surface area contributed by atoms with Crippen LogP contribution in [-0.2, 0) is 0 Å². The van der Waals surface area contributed by atoms with Crippen LogP contribution in [0.2, 0.25) is 0 Å². The molecule has 5 nitrogen and oxygen atoms in total. The first kappa shape index (κ1) is 8.19. The van der Waals surface area contributed by atoms with Crippen molar-refractivity contribution in [1.29, 1.82) is 0 Å². The Hall–Kier alpha value is -1.91. The number of phenolic OH excluding ortho intramolecular Hbond substituents is 1. The first-order chi connectivity index (χ1) is 5.69. The van der Waals surface area contributed by atoms with Gasteiger partial charge in [0.1, 0.15) is 0 Å². The average molecular weight is 166 g/mol. The lowest BCUT2D eigenvalue weighted by Crippen LogP contribution is -1.88. The molecule has 0 aliphatic rings. The summed E-state index contributed by atoms with van der Waals surface area (Å²) < 4.78 is 0. The summed E-state index contributed by atoms with van der Waals surface area (Å²) in [6.45, 7) is 0. The highest BCUT2D eigenvalue weighted by atomic mass is 16.3. The largest absolute Gasteiger partial charge is 0.505 e. The van der Waals surface area contributed by atoms with Gasteiger partial charge in [-0.2, -0.15) is 0 Å². The number of carbonyl (C=O) groups is 1. The van der Waals surface area contributed by atoms with E-state index >= 15 is 0 Å². The van der Waals surface area contributed by atoms with Crippen LogP contribution >= 0.6 is 0 Å². The smallest absolute Gasteiger partial charge is 0.155 e. The standard InChI is InChI=1S/C7H6N2O3/c8-5-1-4(3-10)7(11)6(2-5)9-12/h1-3,11H,8H2. The molecular formula is C7H6N2O3. The van der Waals surface area contributed by atoms with E-state index in [9.17, 15) is 9.70 Å². The molecular weight excluding hydrogens is 160 g/mol. The average Bonchev–Trinajstić information content (AvgIpc) is 2.08. The normalized spacial score (nSPS) is 9.33. The summed E-state index contributed by atoms with van der Waals surface area (Å²) in [5.41, 5.74) is 5.26. The van der Waals surface area contributed by atoms with E-state index in [1.165, 1.54) is 12.1 Å². The number of hydrogen-bond acceptors (Lipinski definition) is 5. The summed E-state index contributed by atoms with van der Waals surface area (Å²) in [6.07, 6.45) is 0.403. The van der Waals surface area contributed by atoms with E-state index < -0.39 is 5.75 Å². The maximum absolute atomic E-state index is 10.3. The maximum atomic E-state index is 10.3. The van der Waals surface area contributed by atoms with Gasteiger partial charge >= 0.3 is 0 Å². The fourth-order valence-corrected chi connectivity index (χ4v) is 0.823. The van der Waals surface area contributed by atoms with Crippen LogP contribution in [0.15, 0.2) is 17.3 Å². The lowest BCUT2D eigenvalue weighted by atomic mass is 10.1. The van der Waals surface area contributed by atoms with Crippen molar-refractivity contribution in [3.8, 4) is 5.75 Å². The first-order valence-corrected chi connectivity index (χ1v) is 3.10. The number of nitrogens with zero attached hydrogens (tertiary/aromatic N) is 1. The van der Waals surface area contributed by atoms with Crippen molar-refractivity contribution >= 4 is 17.7 Å². The fraction of sp³-hybridized carbons (Fsp3) is 0. The van der Waals surface area contributed by atoms with Gasteiger partial charge in [-0.05, 0) is 17.3 Å². The fourth-order valence-electron chi connectivity index (χ4n) is 0.823. The molecule has 0 saturated carbocycles. The summed E-state index contributed by atoms with van der Waals surface area (Å²) in [4.78, 5) is 20.4. The van der Waals surface area contributed by atoms with E-state index in [-0.39, 0.29) is 16.9 Å². The van der Waals surface area contributed by atoms with Gasteiger partial charge in [0.2, 0.25) is 0 Å². The second kappa shape index (κ2) is 3.00. The Kier molecular flexibility index (Phi) is 2.05. The molecule has 0 spiro atoms. The molecule has 12 heavy (non-hydrogen) atoms. The SMILES string of the molecule is Nc1cc(C=O)c(O)c(N=O)c1. The third-order valence-electron chi connectivity index (χ3n) is 1.37. The summed E-state index contributed by atoms with van der Waals surface area (Å²) in [6, 6.07) is 2.45. The van der Waals surface area contributed by atoms with Gasteiger partial charge in [-0.1, -0.05) is 0 Å². The maximum Gasteiger partial charge on any atom is 0.155 e. The number of nitrogens with two attached hydrogens (primary N) is 1. The third-order valence-corrected chi connectivity index (χ3v) is 1.37. The second-order valence-electron chi connectivity index (χ2n) is 2.19. The molecule has 1 rings (SSSR count). The van der Waals surface area contributed by atoms with Gasteiger partial charge in [0.05, 0.1) is 5.56 Å². The molecule has 0 radical (unpaired) electrons. The predicted molar refractivity (Wildman–Crippen MR) is 43.4 cm³/mol. The number of carbonyl (C=O) groups excluding carboxylic acids is 1. The number of phenols is 1. The molecule has 0 heterocycles. The highest BCUT2D eigenvalue weighted by Gasteiger charge is 2.07. The Labute approximate surface area is 67.8 Å². The molecule has 0 bridgehead atoms. The van der Waals surface area contributed by atoms with Crippen LogP contribution in [-0.4, -0.2) is 11.4 Å². The lowest BCUT2D eigenvalue weighted by molar-refractivity contribution is 0.112. The first-order valence-electron chi connectivity index (χ1n) is 3.10. The summed E-state index contributed by atoms with van der Waals surface area (Å²) in [7, 11) is 0. The van der Waals surface area contributed by atoms with E-state index in [1.807, 2.05) is 0 Å². The van der Waals surface area contributed by atoms with E-state index in [0.29, 0.717) is 6.29 Å². The minimum atomic E-state index is -0.436. The number of benzene rings is 1. The van der Waals surface area contributed by atoms with E-state index in [2.05, 4.69) is 5.18 Å². The number of anilines is 1. The highest BCUT2D eigenvalue weighted by Crippen LogP contribution is 2.31. The Balaban J connectivity index is 3.41. The Morgan fingerprint density at radius 3 is 2.67 bits per heavy atom. The molecule has 0 aliphatic carbocycles. The Bertz CT molecular complexity index is 306. The van der Waals surface area contributed by atoms with Crippen molar-refractivity contribution < 1.29 is 9.90 Å². The second-order valence-corrected chi connectivity index (χ2v) is 2.19. The number of nitrogen functional groups attached to an aromatic ring is 1. The van der Waals surface area contributed by atoms with Gasteiger partial charge in [-0.3, -0.25) is 4.79 Å². The minimum Gasteiger partial charge on any atom is -0.505 e. The van der Waals surface area contributed by atoms with Crippen LogP contribution in [0.1, 0.15) is 10.4 Å². The Morgan fingerprint density at radius 1 is 1.50 bits per heavy atom. The molecule has 0 unspecified atom stereocenters. The third kappa shape index (κ3) is 1.24. The topological polar surface area (TPSA) is 92.8 Å². The van der Waals surface area contributed by atoms with Crippen molar-refractivity contribution in [3.05, 3.63) is 22.6 Å². The molecule has 0 aromatic heterocycles. The van der Waals surface area contributed by atoms with Crippen LogP contribution in [0.25, 0.3) is 0 Å². The van der Waals surface area contributed by atoms with Crippen LogP contribution in [0.4, 0.5) is 11.4 Å². The number of aldehydes is 1. The van der Waals surface area contributed by atoms with Crippen molar-refractivity contribution in [3.63, 3.8) is 0 Å². The zero-order chi connectivity index (χ0) is 9.14. The number of nitroso groups, excluding NO2 is 1. The summed E-state index contributed by atoms with van der Waals surface area (Å²) in [5, 5.41) is 11.6. The van der Waals surface area contributed by atoms with Crippen molar-refractivity contribution in [2.45, 2.75) is 0 Å². The quantitative estimate of drug-likeness (QED) is 0.298. The number of rotatable bonds is 2. The molecule has 3 N–H and O–H groups in total. The van der Waals surface area contributed by atoms with Crippen LogP contribution < -0.4 is 5.73 Å². The monoisotopic (exact) mass is 166 g/mol. The van der Waals surface area contributed by atoms with E-state index in [4.69, 9.17) is 10.8 Å². The van der Waals surface area contributed by atoms with E-state index in [1.54, 1.807) is 0 Å². The number of aromatic hydroxyl groups is 1. The Morgan fingerprint density at radius 2 is 2.17 bits per heavy atom. The zero-order valence-electron chi connectivity index (χ0n) is 6.02. The van der Waals surface area contributed by atoms with Gasteiger partial charge in [0.15, 0.2) is 17.7 Å². The van der Waals surface area contributed by atoms with Crippen LogP contribution in [0.5, 0.6) is 5.75 Å². The van der Waals surface area contributed by atoms with Crippen molar-refractivity contribution in [2.24, 2.45) is 5.18 Å². The molecule has 0 fully saturated rings. The molecule has 0 amide bonds. The molecule has 1 aromatic rings. The van der Waals surface area contributed by atoms with Crippen molar-refractivity contribution in [1.82, 2.24) is 0 Å².